The third-order valence-electron chi connectivity index (χ3n) is 6.18. The molecular weight excluding hydrogens is 509 g/mol. The fourth-order valence-corrected chi connectivity index (χ4v) is 4.30. The third-order valence-corrected chi connectivity index (χ3v) is 6.18. The fraction of sp³-hybridized carbons (Fsp3) is 0.0345. The van der Waals surface area contributed by atoms with E-state index in [1.807, 2.05) is 30.3 Å². The Morgan fingerprint density at radius 1 is 0.795 bits per heavy atom. The first-order chi connectivity index (χ1) is 18.8. The molecule has 0 spiro atoms. The molecule has 0 amide bonds. The van der Waals surface area contributed by atoms with Gasteiger partial charge in [0.05, 0.1) is 22.2 Å². The summed E-state index contributed by atoms with van der Waals surface area (Å²) in [4.78, 5) is 20.5. The fourth-order valence-electron chi connectivity index (χ4n) is 4.30. The molecule has 0 saturated carbocycles. The molecule has 0 aliphatic carbocycles. The number of fused-ring (bicyclic) bond motifs is 1. The Balaban J connectivity index is 1.44. The lowest BCUT2D eigenvalue weighted by molar-refractivity contribution is -0.137. The van der Waals surface area contributed by atoms with Crippen LogP contribution in [0.25, 0.3) is 51.0 Å². The molecule has 4 aromatic carbocycles. The van der Waals surface area contributed by atoms with Gasteiger partial charge in [0, 0.05) is 22.4 Å². The summed E-state index contributed by atoms with van der Waals surface area (Å²) in [6, 6.07) is 25.8. The Bertz CT molecular complexity index is 1830. The highest BCUT2D eigenvalue weighted by molar-refractivity contribution is 5.89. The maximum absolute atomic E-state index is 13.2. The van der Waals surface area contributed by atoms with E-state index < -0.39 is 17.7 Å². The van der Waals surface area contributed by atoms with Gasteiger partial charge in [-0.25, -0.2) is 9.78 Å². The molecule has 2 aromatic heterocycles. The molecule has 39 heavy (non-hydrogen) atoms. The summed E-state index contributed by atoms with van der Waals surface area (Å²) in [6.45, 7) is 0. The van der Waals surface area contributed by atoms with Crippen LogP contribution >= 0.6 is 0 Å². The predicted molar refractivity (Wildman–Crippen MR) is 137 cm³/mol. The molecule has 0 saturated heterocycles. The van der Waals surface area contributed by atoms with E-state index >= 15 is 0 Å². The summed E-state index contributed by atoms with van der Waals surface area (Å²) in [5.41, 5.74) is 2.98. The minimum absolute atomic E-state index is 0.0996. The maximum Gasteiger partial charge on any atom is 0.416 e. The first-order valence-electron chi connectivity index (χ1n) is 11.7. The number of halogens is 3. The molecule has 0 aliphatic rings. The number of carboxylic acids is 1. The number of hydrogen-bond donors (Lipinski definition) is 1. The number of aromatic carboxylic acids is 1. The number of aromatic nitrogens is 4. The summed E-state index contributed by atoms with van der Waals surface area (Å²) in [5.74, 6) is -0.0745. The Morgan fingerprint density at radius 2 is 1.54 bits per heavy atom. The van der Waals surface area contributed by atoms with Gasteiger partial charge < -0.3 is 9.63 Å². The van der Waals surface area contributed by atoms with Crippen LogP contribution in [0.3, 0.4) is 0 Å². The summed E-state index contributed by atoms with van der Waals surface area (Å²) in [6.07, 6.45) is -4.44. The second kappa shape index (κ2) is 9.25. The van der Waals surface area contributed by atoms with Gasteiger partial charge in [-0.2, -0.15) is 18.2 Å². The Kier molecular flexibility index (Phi) is 5.72. The number of rotatable bonds is 5. The van der Waals surface area contributed by atoms with Crippen LogP contribution in [0.2, 0.25) is 0 Å². The van der Waals surface area contributed by atoms with Crippen LogP contribution in [0.5, 0.6) is 0 Å². The second-order valence-corrected chi connectivity index (χ2v) is 8.69. The second-order valence-electron chi connectivity index (χ2n) is 8.69. The van der Waals surface area contributed by atoms with Crippen molar-refractivity contribution in [1.82, 2.24) is 19.7 Å². The number of nitrogens with zero attached hydrogens (tertiary/aromatic N) is 4. The quantitative estimate of drug-likeness (QED) is 0.257. The van der Waals surface area contributed by atoms with Gasteiger partial charge in [-0.15, -0.1) is 0 Å². The van der Waals surface area contributed by atoms with E-state index in [9.17, 15) is 23.1 Å². The summed E-state index contributed by atoms with van der Waals surface area (Å²) >= 11 is 0. The molecule has 6 rings (SSSR count). The average Bonchev–Trinajstić information content (AvgIpc) is 3.58. The number of carbonyl (C=O) groups is 1. The van der Waals surface area contributed by atoms with Crippen molar-refractivity contribution < 1.29 is 27.6 Å². The molecule has 10 heteroatoms. The van der Waals surface area contributed by atoms with E-state index in [4.69, 9.17) is 9.51 Å². The van der Waals surface area contributed by atoms with Gasteiger partial charge in [-0.05, 0) is 54.6 Å². The van der Waals surface area contributed by atoms with Gasteiger partial charge in [-0.3, -0.25) is 4.57 Å². The lowest BCUT2D eigenvalue weighted by Crippen LogP contribution is -2.05. The molecular formula is C29H17F3N4O3. The molecule has 7 nitrogen and oxygen atoms in total. The molecule has 0 atom stereocenters. The number of alkyl halides is 3. The summed E-state index contributed by atoms with van der Waals surface area (Å²) < 4.78 is 46.7. The van der Waals surface area contributed by atoms with Crippen molar-refractivity contribution >= 4 is 17.0 Å². The Labute approximate surface area is 218 Å². The number of hydrogen-bond acceptors (Lipinski definition) is 5. The third kappa shape index (κ3) is 4.52. The minimum Gasteiger partial charge on any atom is -0.478 e. The summed E-state index contributed by atoms with van der Waals surface area (Å²) in [5, 5.41) is 13.2. The van der Waals surface area contributed by atoms with Crippen molar-refractivity contribution in [1.29, 1.82) is 0 Å². The van der Waals surface area contributed by atoms with Gasteiger partial charge in [-0.1, -0.05) is 47.6 Å². The van der Waals surface area contributed by atoms with Crippen LogP contribution in [0.4, 0.5) is 13.2 Å². The predicted octanol–water partition coefficient (Wildman–Crippen LogP) is 7.13. The number of carboxylic acid groups (broad SMARTS) is 1. The smallest absolute Gasteiger partial charge is 0.416 e. The Morgan fingerprint density at radius 3 is 2.26 bits per heavy atom. The monoisotopic (exact) mass is 526 g/mol. The normalized spacial score (nSPS) is 11.7. The zero-order valence-corrected chi connectivity index (χ0v) is 19.9. The van der Waals surface area contributed by atoms with Crippen molar-refractivity contribution in [2.75, 3.05) is 0 Å². The molecule has 2 heterocycles. The standard InChI is InChI=1S/C29H17F3N4O3/c30-29(31,32)21-10-12-22(13-11-21)36-24-14-9-19(16-23(24)33-26(36)17-5-2-1-3-6-17)27-34-25(35-39-27)18-7-4-8-20(15-18)28(37)38/h1-16H,(H,37,38). The van der Waals surface area contributed by atoms with Crippen molar-refractivity contribution in [3.63, 3.8) is 0 Å². The molecule has 6 aromatic rings. The molecule has 0 bridgehead atoms. The number of benzene rings is 4. The molecule has 0 fully saturated rings. The summed E-state index contributed by atoms with van der Waals surface area (Å²) in [7, 11) is 0. The largest absolute Gasteiger partial charge is 0.478 e. The van der Waals surface area contributed by atoms with Crippen LogP contribution < -0.4 is 0 Å². The van der Waals surface area contributed by atoms with Gasteiger partial charge in [0.1, 0.15) is 5.82 Å². The SMILES string of the molecule is O=C(O)c1cccc(-c2noc(-c3ccc4c(c3)nc(-c3ccccc3)n4-c3ccc(C(F)(F)F)cc3)n2)c1. The highest BCUT2D eigenvalue weighted by Gasteiger charge is 2.30. The van der Waals surface area contributed by atoms with Crippen molar-refractivity contribution in [2.24, 2.45) is 0 Å². The first kappa shape index (κ1) is 24.1. The van der Waals surface area contributed by atoms with E-state index in [1.54, 1.807) is 34.9 Å². The van der Waals surface area contributed by atoms with Crippen LogP contribution in [0, 0.1) is 0 Å². The van der Waals surface area contributed by atoms with Crippen LogP contribution in [0.15, 0.2) is 102 Å². The molecule has 192 valence electrons. The lowest BCUT2D eigenvalue weighted by atomic mass is 10.1. The van der Waals surface area contributed by atoms with E-state index in [0.717, 1.165) is 17.7 Å². The van der Waals surface area contributed by atoms with Crippen LogP contribution in [-0.2, 0) is 6.18 Å². The van der Waals surface area contributed by atoms with E-state index in [1.165, 1.54) is 24.3 Å². The molecule has 0 radical (unpaired) electrons. The van der Waals surface area contributed by atoms with Crippen molar-refractivity contribution in [3.8, 4) is 39.9 Å². The van der Waals surface area contributed by atoms with Crippen LogP contribution in [0.1, 0.15) is 15.9 Å². The van der Waals surface area contributed by atoms with Gasteiger partial charge in [0.25, 0.3) is 5.89 Å². The zero-order valence-electron chi connectivity index (χ0n) is 19.9. The minimum atomic E-state index is -4.44. The van der Waals surface area contributed by atoms with E-state index in [0.29, 0.717) is 33.7 Å². The van der Waals surface area contributed by atoms with Gasteiger partial charge in [0.2, 0.25) is 5.82 Å². The molecule has 0 aliphatic heterocycles. The highest BCUT2D eigenvalue weighted by Crippen LogP contribution is 2.34. The maximum atomic E-state index is 13.2. The Hall–Kier alpha value is -5.25. The van der Waals surface area contributed by atoms with E-state index in [2.05, 4.69) is 10.1 Å². The molecule has 0 unspecified atom stereocenters. The number of imidazole rings is 1. The van der Waals surface area contributed by atoms with Gasteiger partial charge >= 0.3 is 12.1 Å². The van der Waals surface area contributed by atoms with E-state index in [-0.39, 0.29) is 17.3 Å². The van der Waals surface area contributed by atoms with Gasteiger partial charge in [0.15, 0.2) is 0 Å². The van der Waals surface area contributed by atoms with Crippen molar-refractivity contribution in [3.05, 3.63) is 108 Å². The topological polar surface area (TPSA) is 94.0 Å². The first-order valence-corrected chi connectivity index (χ1v) is 11.7. The van der Waals surface area contributed by atoms with Crippen molar-refractivity contribution in [2.45, 2.75) is 6.18 Å². The molecule has 1 N–H and O–H groups in total. The lowest BCUT2D eigenvalue weighted by Gasteiger charge is -2.12. The highest BCUT2D eigenvalue weighted by atomic mass is 19.4. The zero-order chi connectivity index (χ0) is 27.1. The average molecular weight is 526 g/mol. The van der Waals surface area contributed by atoms with Crippen LogP contribution in [-0.4, -0.2) is 30.8 Å².